The quantitative estimate of drug-likeness (QED) is 0.668. The fourth-order valence-electron chi connectivity index (χ4n) is 1.89. The Balaban J connectivity index is 2.21. The molecule has 6 heteroatoms. The molecule has 0 radical (unpaired) electrons. The molecule has 104 valence electrons. The predicted molar refractivity (Wildman–Crippen MR) is 75.9 cm³/mol. The van der Waals surface area contributed by atoms with Gasteiger partial charge in [-0.15, -0.1) is 0 Å². The topological polar surface area (TPSA) is 77.3 Å². The number of methoxy groups -OCH3 is 1. The minimum Gasteiger partial charge on any atom is -0.480 e. The molecule has 0 amide bonds. The molecule has 1 N–H and O–H groups in total. The van der Waals surface area contributed by atoms with Crippen LogP contribution in [-0.2, 0) is 0 Å². The molecule has 0 aliphatic carbocycles. The van der Waals surface area contributed by atoms with Gasteiger partial charge in [0.15, 0.2) is 0 Å². The van der Waals surface area contributed by atoms with Gasteiger partial charge in [0.05, 0.1) is 17.7 Å². The van der Waals surface area contributed by atoms with Crippen LogP contribution in [0.2, 0.25) is 0 Å². The van der Waals surface area contributed by atoms with E-state index in [9.17, 15) is 10.1 Å². The number of benzene rings is 1. The van der Waals surface area contributed by atoms with Crippen LogP contribution in [0, 0.1) is 10.1 Å². The van der Waals surface area contributed by atoms with Gasteiger partial charge in [-0.1, -0.05) is 12.1 Å². The Morgan fingerprint density at radius 2 is 2.15 bits per heavy atom. The lowest BCUT2D eigenvalue weighted by atomic mass is 10.1. The van der Waals surface area contributed by atoms with E-state index in [1.165, 1.54) is 6.07 Å². The van der Waals surface area contributed by atoms with Crippen LogP contribution in [0.25, 0.3) is 0 Å². The van der Waals surface area contributed by atoms with E-state index in [1.807, 2.05) is 19.1 Å². The summed E-state index contributed by atoms with van der Waals surface area (Å²) in [5, 5.41) is 14.0. The number of hydrogen-bond acceptors (Lipinski definition) is 5. The maximum Gasteiger partial charge on any atom is 0.269 e. The second kappa shape index (κ2) is 6.01. The molecule has 0 spiro atoms. The first-order chi connectivity index (χ1) is 9.61. The molecule has 2 rings (SSSR count). The van der Waals surface area contributed by atoms with Crippen LogP contribution in [0.5, 0.6) is 5.88 Å². The van der Waals surface area contributed by atoms with E-state index in [1.54, 1.807) is 31.5 Å². The van der Waals surface area contributed by atoms with Gasteiger partial charge in [-0.25, -0.2) is 4.98 Å². The van der Waals surface area contributed by atoms with Gasteiger partial charge in [0.2, 0.25) is 5.88 Å². The fourth-order valence-corrected chi connectivity index (χ4v) is 1.89. The molecular formula is C14H15N3O3. The van der Waals surface area contributed by atoms with Crippen molar-refractivity contribution < 1.29 is 9.66 Å². The van der Waals surface area contributed by atoms with E-state index >= 15 is 0 Å². The van der Waals surface area contributed by atoms with Crippen LogP contribution < -0.4 is 10.1 Å². The number of nitrogens with zero attached hydrogens (tertiary/aromatic N) is 2. The molecule has 0 aliphatic rings. The summed E-state index contributed by atoms with van der Waals surface area (Å²) in [5.41, 5.74) is 1.65. The molecule has 0 saturated carbocycles. The highest BCUT2D eigenvalue weighted by molar-refractivity contribution is 5.53. The number of nitrogens with one attached hydrogen (secondary N) is 1. The molecular weight excluding hydrogens is 258 g/mol. The predicted octanol–water partition coefficient (Wildman–Crippen LogP) is 3.17. The van der Waals surface area contributed by atoms with Gasteiger partial charge < -0.3 is 10.1 Å². The molecule has 20 heavy (non-hydrogen) atoms. The van der Waals surface area contributed by atoms with Gasteiger partial charge in [0.1, 0.15) is 0 Å². The van der Waals surface area contributed by atoms with E-state index in [0.29, 0.717) is 5.88 Å². The van der Waals surface area contributed by atoms with Gasteiger partial charge >= 0.3 is 0 Å². The molecule has 0 fully saturated rings. The van der Waals surface area contributed by atoms with E-state index in [2.05, 4.69) is 10.3 Å². The highest BCUT2D eigenvalue weighted by Crippen LogP contribution is 2.27. The summed E-state index contributed by atoms with van der Waals surface area (Å²) in [6.45, 7) is 1.92. The van der Waals surface area contributed by atoms with Crippen molar-refractivity contribution in [1.82, 2.24) is 4.98 Å². The maximum atomic E-state index is 10.8. The normalized spacial score (nSPS) is 11.7. The highest BCUT2D eigenvalue weighted by atomic mass is 16.6. The van der Waals surface area contributed by atoms with Gasteiger partial charge in [-0.3, -0.25) is 10.1 Å². The van der Waals surface area contributed by atoms with Crippen molar-refractivity contribution in [2.75, 3.05) is 12.4 Å². The first kappa shape index (κ1) is 13.8. The molecule has 1 aromatic carbocycles. The standard InChI is InChI=1S/C14H15N3O3/c1-10(11-5-3-6-12(9-11)17(18)19)16-13-7-4-8-15-14(13)20-2/h3-10,16H,1-2H3. The van der Waals surface area contributed by atoms with Crippen LogP contribution in [0.4, 0.5) is 11.4 Å². The van der Waals surface area contributed by atoms with Crippen LogP contribution in [0.15, 0.2) is 42.6 Å². The molecule has 0 saturated heterocycles. The smallest absolute Gasteiger partial charge is 0.269 e. The molecule has 1 unspecified atom stereocenters. The van der Waals surface area contributed by atoms with Crippen LogP contribution in [0.3, 0.4) is 0 Å². The van der Waals surface area contributed by atoms with Crippen molar-refractivity contribution >= 4 is 11.4 Å². The summed E-state index contributed by atoms with van der Waals surface area (Å²) in [4.78, 5) is 14.5. The highest BCUT2D eigenvalue weighted by Gasteiger charge is 2.12. The molecule has 1 aromatic heterocycles. The first-order valence-electron chi connectivity index (χ1n) is 6.11. The Labute approximate surface area is 116 Å². The summed E-state index contributed by atoms with van der Waals surface area (Å²) in [6.07, 6.45) is 1.64. The van der Waals surface area contributed by atoms with Gasteiger partial charge in [0.25, 0.3) is 5.69 Å². The Morgan fingerprint density at radius 3 is 2.85 bits per heavy atom. The summed E-state index contributed by atoms with van der Waals surface area (Å²) < 4.78 is 5.16. The molecule has 1 heterocycles. The number of aromatic nitrogens is 1. The lowest BCUT2D eigenvalue weighted by Gasteiger charge is -2.17. The van der Waals surface area contributed by atoms with Gasteiger partial charge in [0, 0.05) is 24.4 Å². The molecule has 6 nitrogen and oxygen atoms in total. The zero-order chi connectivity index (χ0) is 14.5. The number of hydrogen-bond donors (Lipinski definition) is 1. The monoisotopic (exact) mass is 273 g/mol. The maximum absolute atomic E-state index is 10.8. The third-order valence-electron chi connectivity index (χ3n) is 2.92. The number of nitro benzene ring substituents is 1. The van der Waals surface area contributed by atoms with Crippen molar-refractivity contribution in [1.29, 1.82) is 0 Å². The average molecular weight is 273 g/mol. The molecule has 1 atom stereocenters. The van der Waals surface area contributed by atoms with E-state index in [-0.39, 0.29) is 11.7 Å². The minimum absolute atomic E-state index is 0.0781. The Bertz CT molecular complexity index is 616. The molecule has 2 aromatic rings. The summed E-state index contributed by atoms with van der Waals surface area (Å²) in [6, 6.07) is 10.1. The lowest BCUT2D eigenvalue weighted by molar-refractivity contribution is -0.384. The van der Waals surface area contributed by atoms with Crippen LogP contribution in [0.1, 0.15) is 18.5 Å². The zero-order valence-electron chi connectivity index (χ0n) is 11.2. The number of nitro groups is 1. The van der Waals surface area contributed by atoms with Gasteiger partial charge in [-0.05, 0) is 24.6 Å². The number of anilines is 1. The van der Waals surface area contributed by atoms with E-state index in [0.717, 1.165) is 11.3 Å². The lowest BCUT2D eigenvalue weighted by Crippen LogP contribution is -2.08. The number of non-ortho nitro benzene ring substituents is 1. The van der Waals surface area contributed by atoms with Gasteiger partial charge in [-0.2, -0.15) is 0 Å². The third kappa shape index (κ3) is 3.03. The van der Waals surface area contributed by atoms with Crippen LogP contribution in [-0.4, -0.2) is 17.0 Å². The van der Waals surface area contributed by atoms with E-state index < -0.39 is 4.92 Å². The zero-order valence-corrected chi connectivity index (χ0v) is 11.2. The first-order valence-corrected chi connectivity index (χ1v) is 6.11. The number of pyridine rings is 1. The van der Waals surface area contributed by atoms with Crippen molar-refractivity contribution in [3.8, 4) is 5.88 Å². The Hall–Kier alpha value is -2.63. The van der Waals surface area contributed by atoms with Crippen molar-refractivity contribution in [3.05, 3.63) is 58.3 Å². The van der Waals surface area contributed by atoms with Crippen molar-refractivity contribution in [3.63, 3.8) is 0 Å². The van der Waals surface area contributed by atoms with Crippen LogP contribution >= 0.6 is 0 Å². The van der Waals surface area contributed by atoms with Crippen molar-refractivity contribution in [2.24, 2.45) is 0 Å². The summed E-state index contributed by atoms with van der Waals surface area (Å²) in [5.74, 6) is 0.491. The largest absolute Gasteiger partial charge is 0.480 e. The van der Waals surface area contributed by atoms with E-state index in [4.69, 9.17) is 4.74 Å². The Morgan fingerprint density at radius 1 is 1.35 bits per heavy atom. The summed E-state index contributed by atoms with van der Waals surface area (Å²) >= 11 is 0. The minimum atomic E-state index is -0.402. The second-order valence-electron chi connectivity index (χ2n) is 4.28. The summed E-state index contributed by atoms with van der Waals surface area (Å²) in [7, 11) is 1.55. The third-order valence-corrected chi connectivity index (χ3v) is 2.92. The average Bonchev–Trinajstić information content (AvgIpc) is 2.48. The Kier molecular flexibility index (Phi) is 4.14. The molecule has 0 aliphatic heterocycles. The fraction of sp³-hybridized carbons (Fsp3) is 0.214. The second-order valence-corrected chi connectivity index (χ2v) is 4.28. The van der Waals surface area contributed by atoms with Crippen molar-refractivity contribution in [2.45, 2.75) is 13.0 Å². The molecule has 0 bridgehead atoms. The number of rotatable bonds is 5. The number of ether oxygens (including phenoxy) is 1. The SMILES string of the molecule is COc1ncccc1NC(C)c1cccc([N+](=O)[O-])c1.